The summed E-state index contributed by atoms with van der Waals surface area (Å²) >= 11 is 3.64. The molecule has 0 amide bonds. The van der Waals surface area contributed by atoms with E-state index in [0.717, 1.165) is 18.8 Å². The van der Waals surface area contributed by atoms with Crippen molar-refractivity contribution in [2.24, 2.45) is 0 Å². The lowest BCUT2D eigenvalue weighted by molar-refractivity contribution is 0.569. The van der Waals surface area contributed by atoms with Crippen LogP contribution < -0.4 is 5.32 Å². The van der Waals surface area contributed by atoms with Gasteiger partial charge in [-0.3, -0.25) is 0 Å². The van der Waals surface area contributed by atoms with Crippen molar-refractivity contribution in [2.45, 2.75) is 37.6 Å². The highest BCUT2D eigenvalue weighted by Gasteiger charge is 2.16. The fourth-order valence-electron chi connectivity index (χ4n) is 1.69. The number of benzene rings is 1. The lowest BCUT2D eigenvalue weighted by atomic mass is 9.93. The second kappa shape index (κ2) is 7.25. The molecule has 108 valence electrons. The van der Waals surface area contributed by atoms with Gasteiger partial charge in [0, 0.05) is 34.5 Å². The molecule has 1 aromatic heterocycles. The molecule has 2 aromatic rings. The summed E-state index contributed by atoms with van der Waals surface area (Å²) in [5.41, 5.74) is 1.34. The van der Waals surface area contributed by atoms with E-state index in [-0.39, 0.29) is 5.41 Å². The van der Waals surface area contributed by atoms with Crippen molar-refractivity contribution in [1.29, 1.82) is 0 Å². The molecule has 2 nitrogen and oxygen atoms in total. The molecule has 0 atom stereocenters. The molecule has 2 rings (SSSR count). The van der Waals surface area contributed by atoms with Crippen molar-refractivity contribution < 1.29 is 0 Å². The largest absolute Gasteiger partial charge is 0.310 e. The number of hydrogen-bond donors (Lipinski definition) is 1. The average Bonchev–Trinajstić information content (AvgIpc) is 2.88. The number of nitrogens with one attached hydrogen (secondary N) is 1. The maximum atomic E-state index is 4.69. The molecule has 4 heteroatoms. The summed E-state index contributed by atoms with van der Waals surface area (Å²) in [6, 6.07) is 10.5. The molecule has 0 aliphatic heterocycles. The minimum atomic E-state index is 0.151. The van der Waals surface area contributed by atoms with E-state index in [1.54, 1.807) is 11.3 Å². The monoisotopic (exact) mass is 306 g/mol. The summed E-state index contributed by atoms with van der Waals surface area (Å²) in [4.78, 5) is 6.02. The fraction of sp³-hybridized carbons (Fsp3) is 0.438. The highest BCUT2D eigenvalue weighted by molar-refractivity contribution is 7.99. The van der Waals surface area contributed by atoms with Gasteiger partial charge in [0.2, 0.25) is 0 Å². The van der Waals surface area contributed by atoms with E-state index in [4.69, 9.17) is 0 Å². The Balaban J connectivity index is 1.67. The molecule has 0 saturated heterocycles. The van der Waals surface area contributed by atoms with Crippen LogP contribution in [0.15, 0.2) is 40.6 Å². The molecular formula is C16H22N2S2. The van der Waals surface area contributed by atoms with Gasteiger partial charge in [-0.05, 0) is 12.1 Å². The van der Waals surface area contributed by atoms with Gasteiger partial charge in [0.25, 0.3) is 0 Å². The maximum absolute atomic E-state index is 4.69. The maximum Gasteiger partial charge on any atom is 0.107 e. The molecule has 0 radical (unpaired) electrons. The number of aromatic nitrogens is 1. The summed E-state index contributed by atoms with van der Waals surface area (Å²) in [5, 5.41) is 6.82. The number of hydrogen-bond acceptors (Lipinski definition) is 4. The van der Waals surface area contributed by atoms with Gasteiger partial charge in [-0.15, -0.1) is 23.1 Å². The van der Waals surface area contributed by atoms with Crippen molar-refractivity contribution in [3.8, 4) is 0 Å². The molecule has 20 heavy (non-hydrogen) atoms. The molecule has 1 N–H and O–H groups in total. The smallest absolute Gasteiger partial charge is 0.107 e. The minimum Gasteiger partial charge on any atom is -0.310 e. The Bertz CT molecular complexity index is 515. The van der Waals surface area contributed by atoms with E-state index in [1.807, 2.05) is 11.8 Å². The standard InChI is InChI=1S/C16H22N2S2/c1-16(2,3)14-12-20-15(18-14)11-17-9-10-19-13-7-5-4-6-8-13/h4-8,12,17H,9-11H2,1-3H3. The molecule has 0 fully saturated rings. The molecule has 0 aliphatic rings. The van der Waals surface area contributed by atoms with Crippen LogP contribution in [-0.4, -0.2) is 17.3 Å². The van der Waals surface area contributed by atoms with Crippen LogP contribution in [0.1, 0.15) is 31.5 Å². The summed E-state index contributed by atoms with van der Waals surface area (Å²) < 4.78 is 0. The predicted octanol–water partition coefficient (Wildman–Crippen LogP) is 4.32. The number of thioether (sulfide) groups is 1. The summed E-state index contributed by atoms with van der Waals surface area (Å²) in [7, 11) is 0. The van der Waals surface area contributed by atoms with Crippen LogP contribution in [0.25, 0.3) is 0 Å². The van der Waals surface area contributed by atoms with Crippen molar-refractivity contribution in [2.75, 3.05) is 12.3 Å². The van der Waals surface area contributed by atoms with Crippen LogP contribution in [0.3, 0.4) is 0 Å². The van der Waals surface area contributed by atoms with Crippen LogP contribution in [0.5, 0.6) is 0 Å². The third kappa shape index (κ3) is 4.93. The number of thiazole rings is 1. The Morgan fingerprint density at radius 1 is 1.20 bits per heavy atom. The lowest BCUT2D eigenvalue weighted by Gasteiger charge is -2.14. The zero-order valence-electron chi connectivity index (χ0n) is 12.3. The Kier molecular flexibility index (Phi) is 5.64. The highest BCUT2D eigenvalue weighted by Crippen LogP contribution is 2.23. The van der Waals surface area contributed by atoms with Gasteiger partial charge in [0.15, 0.2) is 0 Å². The Labute approximate surface area is 130 Å². The molecule has 0 bridgehead atoms. The van der Waals surface area contributed by atoms with Crippen molar-refractivity contribution in [1.82, 2.24) is 10.3 Å². The van der Waals surface area contributed by atoms with Crippen molar-refractivity contribution in [3.63, 3.8) is 0 Å². The van der Waals surface area contributed by atoms with Gasteiger partial charge in [0.05, 0.1) is 5.69 Å². The third-order valence-electron chi connectivity index (χ3n) is 2.89. The molecule has 0 spiro atoms. The molecule has 1 heterocycles. The van der Waals surface area contributed by atoms with Crippen LogP contribution in [-0.2, 0) is 12.0 Å². The average molecular weight is 306 g/mol. The first kappa shape index (κ1) is 15.5. The molecule has 0 unspecified atom stereocenters. The van der Waals surface area contributed by atoms with Gasteiger partial charge in [0.1, 0.15) is 5.01 Å². The zero-order valence-corrected chi connectivity index (χ0v) is 14.0. The molecule has 0 saturated carbocycles. The van der Waals surface area contributed by atoms with Crippen molar-refractivity contribution >= 4 is 23.1 Å². The van der Waals surface area contributed by atoms with Gasteiger partial charge in [-0.2, -0.15) is 0 Å². The first-order valence-corrected chi connectivity index (χ1v) is 8.76. The minimum absolute atomic E-state index is 0.151. The predicted molar refractivity (Wildman–Crippen MR) is 89.7 cm³/mol. The third-order valence-corrected chi connectivity index (χ3v) is 4.75. The molecule has 0 aliphatic carbocycles. The van der Waals surface area contributed by atoms with Crippen molar-refractivity contribution in [3.05, 3.63) is 46.4 Å². The van der Waals surface area contributed by atoms with E-state index >= 15 is 0 Å². The lowest BCUT2D eigenvalue weighted by Crippen LogP contribution is -2.17. The fourth-order valence-corrected chi connectivity index (χ4v) is 3.51. The van der Waals surface area contributed by atoms with Crippen LogP contribution >= 0.6 is 23.1 Å². The zero-order chi connectivity index (χ0) is 14.4. The van der Waals surface area contributed by atoms with E-state index in [0.29, 0.717) is 0 Å². The summed E-state index contributed by atoms with van der Waals surface area (Å²) in [6.07, 6.45) is 0. The van der Waals surface area contributed by atoms with E-state index in [1.165, 1.54) is 15.6 Å². The van der Waals surface area contributed by atoms with E-state index in [9.17, 15) is 0 Å². The molecular weight excluding hydrogens is 284 g/mol. The van der Waals surface area contributed by atoms with Crippen LogP contribution in [0.2, 0.25) is 0 Å². The Hall–Kier alpha value is -0.840. The first-order chi connectivity index (χ1) is 9.55. The quantitative estimate of drug-likeness (QED) is 0.635. The number of rotatable bonds is 6. The Morgan fingerprint density at radius 3 is 2.60 bits per heavy atom. The second-order valence-corrected chi connectivity index (χ2v) is 7.83. The number of nitrogens with zero attached hydrogens (tertiary/aromatic N) is 1. The van der Waals surface area contributed by atoms with E-state index < -0.39 is 0 Å². The van der Waals surface area contributed by atoms with Crippen LogP contribution in [0.4, 0.5) is 0 Å². The summed E-state index contributed by atoms with van der Waals surface area (Å²) in [5.74, 6) is 1.08. The topological polar surface area (TPSA) is 24.9 Å². The van der Waals surface area contributed by atoms with Gasteiger partial charge in [-0.1, -0.05) is 39.0 Å². The van der Waals surface area contributed by atoms with Gasteiger partial charge in [-0.25, -0.2) is 4.98 Å². The SMILES string of the molecule is CC(C)(C)c1csc(CNCCSc2ccccc2)n1. The normalized spacial score (nSPS) is 11.8. The van der Waals surface area contributed by atoms with Gasteiger partial charge < -0.3 is 5.32 Å². The second-order valence-electron chi connectivity index (χ2n) is 5.71. The molecule has 1 aromatic carbocycles. The highest BCUT2D eigenvalue weighted by atomic mass is 32.2. The van der Waals surface area contributed by atoms with Gasteiger partial charge >= 0.3 is 0 Å². The van der Waals surface area contributed by atoms with E-state index in [2.05, 4.69) is 66.8 Å². The Morgan fingerprint density at radius 2 is 1.95 bits per heavy atom. The summed E-state index contributed by atoms with van der Waals surface area (Å²) in [6.45, 7) is 8.49. The first-order valence-electron chi connectivity index (χ1n) is 6.89. The van der Waals surface area contributed by atoms with Crippen LogP contribution in [0, 0.1) is 0 Å².